The normalized spacial score (nSPS) is 25.1. The topological polar surface area (TPSA) is 68.5 Å². The van der Waals surface area contributed by atoms with Gasteiger partial charge in [0, 0.05) is 51.9 Å². The van der Waals surface area contributed by atoms with Crippen LogP contribution in [0.2, 0.25) is 0 Å². The highest BCUT2D eigenvalue weighted by Gasteiger charge is 2.20. The lowest BCUT2D eigenvalue weighted by molar-refractivity contribution is -0.140. The standard InChI is InChI=1S/C5H8O2.C5H10O.I2.HI.H2O.H2/c1-4-2-3-7-5(4)6;1-5-2-3-6-4-5;1-2;;;/h4H,2-3H2,1H3;5H,2-4H2,1H3;;1H;1H2;1H/p+1. The van der Waals surface area contributed by atoms with Gasteiger partial charge in [-0.15, -0.1) is 24.0 Å². The van der Waals surface area contributed by atoms with Crippen LogP contribution in [-0.4, -0.2) is 25.8 Å². The average Bonchev–Trinajstić information content (AvgIpc) is 2.84. The zero-order chi connectivity index (χ0) is 11.7. The van der Waals surface area contributed by atoms with Crippen molar-refractivity contribution in [3.05, 3.63) is 0 Å². The number of ether oxygens (including phenoxy) is 2. The van der Waals surface area contributed by atoms with Crippen molar-refractivity contribution in [2.24, 2.45) is 11.8 Å². The quantitative estimate of drug-likeness (QED) is 0.248. The van der Waals surface area contributed by atoms with Crippen molar-refractivity contribution in [2.75, 3.05) is 19.8 Å². The molecular formula is C10H24I3O4+. The molecule has 2 rings (SSSR count). The molecule has 0 saturated carbocycles. The van der Waals surface area contributed by atoms with Crippen LogP contribution in [0.1, 0.15) is 28.1 Å². The highest BCUT2D eigenvalue weighted by atomic mass is 128. The van der Waals surface area contributed by atoms with Crippen LogP contribution in [0.4, 0.5) is 0 Å². The minimum Gasteiger partial charge on any atom is -0.465 e. The van der Waals surface area contributed by atoms with Crippen molar-refractivity contribution in [2.45, 2.75) is 26.7 Å². The lowest BCUT2D eigenvalue weighted by Gasteiger charge is -1.89. The summed E-state index contributed by atoms with van der Waals surface area (Å²) in [6.07, 6.45) is 2.17. The zero-order valence-corrected chi connectivity index (χ0v) is 16.8. The van der Waals surface area contributed by atoms with Gasteiger partial charge in [-0.2, -0.15) is 0 Å². The van der Waals surface area contributed by atoms with Gasteiger partial charge in [0.15, 0.2) is 0 Å². The summed E-state index contributed by atoms with van der Waals surface area (Å²) in [6.45, 7) is 6.70. The molecule has 108 valence electrons. The summed E-state index contributed by atoms with van der Waals surface area (Å²) in [6, 6.07) is 0. The summed E-state index contributed by atoms with van der Waals surface area (Å²) in [5.74, 6) is 0.935. The zero-order valence-electron chi connectivity index (χ0n) is 10.2. The monoisotopic (exact) mass is 589 g/mol. The Bertz CT molecular complexity index is 181. The van der Waals surface area contributed by atoms with Crippen LogP contribution < -0.4 is 0 Å². The van der Waals surface area contributed by atoms with Crippen LogP contribution in [0.3, 0.4) is 0 Å². The first-order valence-corrected chi connectivity index (χ1v) is 11.4. The number of halogens is 3. The van der Waals surface area contributed by atoms with Crippen molar-refractivity contribution in [1.29, 1.82) is 0 Å². The van der Waals surface area contributed by atoms with E-state index in [1.165, 1.54) is 6.42 Å². The second-order valence-corrected chi connectivity index (χ2v) is 3.83. The van der Waals surface area contributed by atoms with Gasteiger partial charge in [-0.25, -0.2) is 0 Å². The number of hydrogen-bond donors (Lipinski definition) is 0. The van der Waals surface area contributed by atoms with E-state index in [-0.39, 0.29) is 42.8 Å². The second-order valence-electron chi connectivity index (χ2n) is 3.83. The van der Waals surface area contributed by atoms with E-state index in [0.717, 1.165) is 25.6 Å². The molecule has 0 bridgehead atoms. The summed E-state index contributed by atoms with van der Waals surface area (Å²) >= 11 is 4.24. The molecule has 2 aliphatic heterocycles. The van der Waals surface area contributed by atoms with Gasteiger partial charge in [0.25, 0.3) is 0 Å². The Hall–Kier alpha value is 1.58. The fourth-order valence-electron chi connectivity index (χ4n) is 1.25. The SMILES string of the molecule is CC1CCOC1.CC1CCOC1=O.I.II.[HH].[OH3+]. The summed E-state index contributed by atoms with van der Waals surface area (Å²) in [5.41, 5.74) is 0. The molecular weight excluding hydrogens is 565 g/mol. The minimum absolute atomic E-state index is 0. The van der Waals surface area contributed by atoms with E-state index < -0.39 is 0 Å². The molecule has 2 unspecified atom stereocenters. The van der Waals surface area contributed by atoms with Crippen molar-refractivity contribution in [3.63, 3.8) is 0 Å². The van der Waals surface area contributed by atoms with Gasteiger partial charge in [0.05, 0.1) is 12.5 Å². The first-order chi connectivity index (χ1) is 7.20. The van der Waals surface area contributed by atoms with Crippen molar-refractivity contribution >= 4 is 67.2 Å². The maximum Gasteiger partial charge on any atom is 0.308 e. The lowest BCUT2D eigenvalue weighted by atomic mass is 10.2. The van der Waals surface area contributed by atoms with Crippen LogP contribution in [0, 0.1) is 11.8 Å². The highest BCUT2D eigenvalue weighted by molar-refractivity contribution is 15.0. The van der Waals surface area contributed by atoms with Gasteiger partial charge < -0.3 is 14.9 Å². The van der Waals surface area contributed by atoms with E-state index in [1.807, 2.05) is 6.92 Å². The Balaban J connectivity index is -0.0000000839. The largest absolute Gasteiger partial charge is 0.465 e. The molecule has 17 heavy (non-hydrogen) atoms. The Morgan fingerprint density at radius 3 is 1.94 bits per heavy atom. The second kappa shape index (κ2) is 15.6. The summed E-state index contributed by atoms with van der Waals surface area (Å²) in [4.78, 5) is 10.4. The summed E-state index contributed by atoms with van der Waals surface area (Å²) in [7, 11) is 0. The third-order valence-corrected chi connectivity index (χ3v) is 2.35. The first kappa shape index (κ1) is 23.7. The van der Waals surface area contributed by atoms with E-state index in [2.05, 4.69) is 48.9 Å². The van der Waals surface area contributed by atoms with E-state index >= 15 is 0 Å². The smallest absolute Gasteiger partial charge is 0.308 e. The molecule has 3 N–H and O–H groups in total. The maximum absolute atomic E-state index is 10.4. The van der Waals surface area contributed by atoms with Crippen LogP contribution in [0.25, 0.3) is 0 Å². The third-order valence-electron chi connectivity index (χ3n) is 2.35. The molecule has 7 heteroatoms. The predicted octanol–water partition coefficient (Wildman–Crippen LogP) is 3.33. The molecule has 0 aromatic rings. The van der Waals surface area contributed by atoms with Crippen LogP contribution in [-0.2, 0) is 19.7 Å². The minimum atomic E-state index is -0.0417. The Kier molecular flexibility index (Phi) is 21.8. The van der Waals surface area contributed by atoms with Crippen molar-refractivity contribution in [3.8, 4) is 0 Å². The molecule has 0 aromatic heterocycles. The first-order valence-electron chi connectivity index (χ1n) is 5.09. The maximum atomic E-state index is 10.4. The molecule has 0 aromatic carbocycles. The van der Waals surface area contributed by atoms with Crippen LogP contribution in [0.15, 0.2) is 0 Å². The molecule has 0 radical (unpaired) electrons. The predicted molar refractivity (Wildman–Crippen MR) is 99.8 cm³/mol. The highest BCUT2D eigenvalue weighted by Crippen LogP contribution is 2.11. The number of carbonyl (C=O) groups excluding carboxylic acids is 1. The summed E-state index contributed by atoms with van der Waals surface area (Å²) in [5, 5.41) is 0. The van der Waals surface area contributed by atoms with Gasteiger partial charge in [-0.05, 0) is 18.8 Å². The average molecular weight is 589 g/mol. The van der Waals surface area contributed by atoms with E-state index in [9.17, 15) is 4.79 Å². The van der Waals surface area contributed by atoms with E-state index in [4.69, 9.17) is 4.74 Å². The molecule has 0 spiro atoms. The summed E-state index contributed by atoms with van der Waals surface area (Å²) < 4.78 is 9.68. The number of carbonyl (C=O) groups is 1. The van der Waals surface area contributed by atoms with Gasteiger partial charge >= 0.3 is 5.97 Å². The fraction of sp³-hybridized carbons (Fsp3) is 0.900. The van der Waals surface area contributed by atoms with Gasteiger partial charge in [-0.1, -0.05) is 13.8 Å². The molecule has 0 aliphatic carbocycles. The van der Waals surface area contributed by atoms with Gasteiger partial charge in [-0.3, -0.25) is 4.79 Å². The molecule has 2 fully saturated rings. The Labute approximate surface area is 145 Å². The van der Waals surface area contributed by atoms with Crippen LogP contribution in [0.5, 0.6) is 0 Å². The number of cyclic esters (lactones) is 1. The van der Waals surface area contributed by atoms with E-state index in [0.29, 0.717) is 6.61 Å². The lowest BCUT2D eigenvalue weighted by Crippen LogP contribution is -2.00. The molecule has 4 nitrogen and oxygen atoms in total. The number of esters is 1. The Morgan fingerprint density at radius 1 is 1.24 bits per heavy atom. The van der Waals surface area contributed by atoms with Crippen LogP contribution >= 0.6 is 61.2 Å². The number of rotatable bonds is 0. The van der Waals surface area contributed by atoms with Gasteiger partial charge in [0.1, 0.15) is 0 Å². The number of hydrogen-bond acceptors (Lipinski definition) is 3. The molecule has 0 amide bonds. The third kappa shape index (κ3) is 12.4. The molecule has 2 heterocycles. The fourth-order valence-corrected chi connectivity index (χ4v) is 1.25. The molecule has 2 saturated heterocycles. The Morgan fingerprint density at radius 2 is 1.82 bits per heavy atom. The van der Waals surface area contributed by atoms with Crippen molar-refractivity contribution < 1.29 is 21.2 Å². The van der Waals surface area contributed by atoms with Crippen molar-refractivity contribution in [1.82, 2.24) is 0 Å². The molecule has 2 atom stereocenters. The van der Waals surface area contributed by atoms with E-state index in [1.54, 1.807) is 0 Å². The molecule has 2 aliphatic rings. The van der Waals surface area contributed by atoms with Gasteiger partial charge in [0.2, 0.25) is 0 Å².